The van der Waals surface area contributed by atoms with E-state index in [4.69, 9.17) is 4.42 Å². The number of furan rings is 1. The van der Waals surface area contributed by atoms with Crippen LogP contribution in [-0.4, -0.2) is 19.7 Å². The molecule has 0 unspecified atom stereocenters. The van der Waals surface area contributed by atoms with Crippen LogP contribution in [0.4, 0.5) is 0 Å². The highest BCUT2D eigenvalue weighted by atomic mass is 32.2. The van der Waals surface area contributed by atoms with E-state index in [1.165, 1.54) is 0 Å². The Balaban J connectivity index is 1.68. The molecule has 20 heavy (non-hydrogen) atoms. The van der Waals surface area contributed by atoms with Gasteiger partial charge in [0.15, 0.2) is 15.9 Å². The van der Waals surface area contributed by atoms with Gasteiger partial charge in [-0.3, -0.25) is 0 Å². The predicted octanol–water partition coefficient (Wildman–Crippen LogP) is 3.87. The number of thioether (sulfide) groups is 1. The van der Waals surface area contributed by atoms with Crippen LogP contribution >= 0.6 is 23.1 Å². The van der Waals surface area contributed by atoms with E-state index in [-0.39, 0.29) is 0 Å². The second-order valence-corrected chi connectivity index (χ2v) is 6.33. The Bertz CT molecular complexity index is 672. The van der Waals surface area contributed by atoms with Crippen molar-refractivity contribution in [2.24, 2.45) is 0 Å². The van der Waals surface area contributed by atoms with Crippen LogP contribution in [0.5, 0.6) is 0 Å². The third-order valence-electron chi connectivity index (χ3n) is 2.73. The standard InChI is InChI=1S/C13H14N4OS2/c1-9(2)17-8-14-16-13(17)20-7-10-6-19-12(15-10)11-4-3-5-18-11/h3-6,8-9H,7H2,1-2H3. The van der Waals surface area contributed by atoms with Crippen molar-refractivity contribution in [3.63, 3.8) is 0 Å². The summed E-state index contributed by atoms with van der Waals surface area (Å²) < 4.78 is 7.41. The Hall–Kier alpha value is -1.60. The predicted molar refractivity (Wildman–Crippen MR) is 79.8 cm³/mol. The molecule has 0 atom stereocenters. The highest BCUT2D eigenvalue weighted by Gasteiger charge is 2.11. The molecule has 0 radical (unpaired) electrons. The van der Waals surface area contributed by atoms with Gasteiger partial charge < -0.3 is 8.98 Å². The minimum atomic E-state index is 0.363. The van der Waals surface area contributed by atoms with Crippen molar-refractivity contribution >= 4 is 23.1 Å². The molecule has 0 spiro atoms. The van der Waals surface area contributed by atoms with E-state index in [0.717, 1.165) is 27.4 Å². The number of hydrogen-bond donors (Lipinski definition) is 0. The topological polar surface area (TPSA) is 56.7 Å². The first-order valence-corrected chi connectivity index (χ1v) is 8.11. The largest absolute Gasteiger partial charge is 0.462 e. The first kappa shape index (κ1) is 13.4. The Morgan fingerprint density at radius 2 is 2.35 bits per heavy atom. The summed E-state index contributed by atoms with van der Waals surface area (Å²) in [7, 11) is 0. The maximum absolute atomic E-state index is 5.35. The molecule has 3 aromatic heterocycles. The Kier molecular flexibility index (Phi) is 3.88. The van der Waals surface area contributed by atoms with Crippen molar-refractivity contribution in [2.75, 3.05) is 0 Å². The number of rotatable bonds is 5. The Morgan fingerprint density at radius 3 is 3.10 bits per heavy atom. The Labute approximate surface area is 125 Å². The van der Waals surface area contributed by atoms with E-state index in [0.29, 0.717) is 6.04 Å². The normalized spacial score (nSPS) is 11.3. The average Bonchev–Trinajstić information content (AvgIpc) is 3.16. The summed E-state index contributed by atoms with van der Waals surface area (Å²) in [6.45, 7) is 4.23. The van der Waals surface area contributed by atoms with Crippen molar-refractivity contribution in [3.8, 4) is 10.8 Å². The number of thiazole rings is 1. The summed E-state index contributed by atoms with van der Waals surface area (Å²) in [5.41, 5.74) is 1.03. The molecule has 0 amide bonds. The van der Waals surface area contributed by atoms with Crippen molar-refractivity contribution in [2.45, 2.75) is 30.8 Å². The zero-order valence-corrected chi connectivity index (χ0v) is 12.8. The molecule has 5 nitrogen and oxygen atoms in total. The lowest BCUT2D eigenvalue weighted by Crippen LogP contribution is -2.00. The van der Waals surface area contributed by atoms with Gasteiger partial charge in [-0.25, -0.2) is 4.98 Å². The van der Waals surface area contributed by atoms with Crippen LogP contribution in [0, 0.1) is 0 Å². The van der Waals surface area contributed by atoms with E-state index in [1.807, 2.05) is 12.1 Å². The molecule has 0 saturated heterocycles. The molecular formula is C13H14N4OS2. The van der Waals surface area contributed by atoms with E-state index in [9.17, 15) is 0 Å². The lowest BCUT2D eigenvalue weighted by atomic mass is 10.4. The number of hydrogen-bond acceptors (Lipinski definition) is 6. The molecular weight excluding hydrogens is 292 g/mol. The molecule has 0 aliphatic carbocycles. The molecule has 0 fully saturated rings. The van der Waals surface area contributed by atoms with E-state index >= 15 is 0 Å². The molecule has 0 aromatic carbocycles. The van der Waals surface area contributed by atoms with Gasteiger partial charge >= 0.3 is 0 Å². The van der Waals surface area contributed by atoms with Crippen LogP contribution in [0.2, 0.25) is 0 Å². The fourth-order valence-electron chi connectivity index (χ4n) is 1.71. The van der Waals surface area contributed by atoms with E-state index in [2.05, 4.69) is 39.0 Å². The first-order valence-electron chi connectivity index (χ1n) is 6.24. The molecule has 3 rings (SSSR count). The third kappa shape index (κ3) is 2.78. The molecule has 3 heterocycles. The zero-order valence-electron chi connectivity index (χ0n) is 11.2. The summed E-state index contributed by atoms with van der Waals surface area (Å²) in [5, 5.41) is 12.0. The first-order chi connectivity index (χ1) is 9.74. The van der Waals surface area contributed by atoms with Gasteiger partial charge in [-0.1, -0.05) is 11.8 Å². The lowest BCUT2D eigenvalue weighted by molar-refractivity contribution is 0.549. The van der Waals surface area contributed by atoms with Crippen LogP contribution in [0.15, 0.2) is 39.7 Å². The monoisotopic (exact) mass is 306 g/mol. The maximum Gasteiger partial charge on any atom is 0.191 e. The summed E-state index contributed by atoms with van der Waals surface area (Å²) in [4.78, 5) is 4.57. The summed E-state index contributed by atoms with van der Waals surface area (Å²) in [5.74, 6) is 1.60. The lowest BCUT2D eigenvalue weighted by Gasteiger charge is -2.08. The van der Waals surface area contributed by atoms with Crippen LogP contribution in [0.25, 0.3) is 10.8 Å². The minimum Gasteiger partial charge on any atom is -0.462 e. The zero-order chi connectivity index (χ0) is 13.9. The van der Waals surface area contributed by atoms with Gasteiger partial charge in [0.05, 0.1) is 12.0 Å². The minimum absolute atomic E-state index is 0.363. The molecule has 3 aromatic rings. The van der Waals surface area contributed by atoms with Crippen LogP contribution < -0.4 is 0 Å². The van der Waals surface area contributed by atoms with Gasteiger partial charge in [0.25, 0.3) is 0 Å². The molecule has 0 N–H and O–H groups in total. The fourth-order valence-corrected chi connectivity index (χ4v) is 3.54. The van der Waals surface area contributed by atoms with Gasteiger partial charge in [0, 0.05) is 17.2 Å². The maximum atomic E-state index is 5.35. The van der Waals surface area contributed by atoms with Gasteiger partial charge in [-0.15, -0.1) is 21.5 Å². The van der Waals surface area contributed by atoms with Crippen molar-refractivity contribution in [1.29, 1.82) is 0 Å². The SMILES string of the molecule is CC(C)n1cnnc1SCc1csc(-c2ccco2)n1. The summed E-state index contributed by atoms with van der Waals surface area (Å²) in [6, 6.07) is 4.16. The molecule has 0 aliphatic heterocycles. The van der Waals surface area contributed by atoms with Crippen molar-refractivity contribution in [3.05, 3.63) is 35.8 Å². The second kappa shape index (κ2) is 5.80. The summed E-state index contributed by atoms with van der Waals surface area (Å²) in [6.07, 6.45) is 3.43. The van der Waals surface area contributed by atoms with E-state index in [1.54, 1.807) is 35.7 Å². The van der Waals surface area contributed by atoms with Gasteiger partial charge in [0.1, 0.15) is 6.33 Å². The number of aromatic nitrogens is 4. The van der Waals surface area contributed by atoms with Crippen LogP contribution in [-0.2, 0) is 5.75 Å². The third-order valence-corrected chi connectivity index (χ3v) is 4.63. The highest BCUT2D eigenvalue weighted by Crippen LogP contribution is 2.28. The molecule has 0 bridgehead atoms. The van der Waals surface area contributed by atoms with E-state index < -0.39 is 0 Å². The fraction of sp³-hybridized carbons (Fsp3) is 0.308. The van der Waals surface area contributed by atoms with Gasteiger partial charge in [-0.2, -0.15) is 0 Å². The molecule has 104 valence electrons. The molecule has 0 aliphatic rings. The van der Waals surface area contributed by atoms with Crippen molar-refractivity contribution in [1.82, 2.24) is 19.7 Å². The van der Waals surface area contributed by atoms with Crippen LogP contribution in [0.1, 0.15) is 25.6 Å². The quantitative estimate of drug-likeness (QED) is 0.670. The number of nitrogens with zero attached hydrogens (tertiary/aromatic N) is 4. The van der Waals surface area contributed by atoms with Gasteiger partial charge in [-0.05, 0) is 26.0 Å². The second-order valence-electron chi connectivity index (χ2n) is 4.52. The smallest absolute Gasteiger partial charge is 0.191 e. The van der Waals surface area contributed by atoms with Crippen LogP contribution in [0.3, 0.4) is 0 Å². The average molecular weight is 306 g/mol. The van der Waals surface area contributed by atoms with Crippen molar-refractivity contribution < 1.29 is 4.42 Å². The van der Waals surface area contributed by atoms with Gasteiger partial charge in [0.2, 0.25) is 0 Å². The Morgan fingerprint density at radius 1 is 1.45 bits per heavy atom. The summed E-state index contributed by atoms with van der Waals surface area (Å²) >= 11 is 3.24. The highest BCUT2D eigenvalue weighted by molar-refractivity contribution is 7.98. The molecule has 7 heteroatoms. The molecule has 0 saturated carbocycles.